The van der Waals surface area contributed by atoms with Crippen molar-refractivity contribution in [2.45, 2.75) is 33.1 Å². The van der Waals surface area contributed by atoms with Crippen LogP contribution in [-0.4, -0.2) is 53.7 Å². The van der Waals surface area contributed by atoms with Crippen molar-refractivity contribution in [3.8, 4) is 0 Å². The Morgan fingerprint density at radius 2 is 1.96 bits per heavy atom. The highest BCUT2D eigenvalue weighted by Crippen LogP contribution is 2.22. The molecule has 0 saturated carbocycles. The third-order valence-corrected chi connectivity index (χ3v) is 4.60. The van der Waals surface area contributed by atoms with Crippen LogP contribution < -0.4 is 5.32 Å². The third kappa shape index (κ3) is 4.95. The molecule has 2 rings (SSSR count). The van der Waals surface area contributed by atoms with Crippen LogP contribution in [0.4, 0.5) is 5.69 Å². The van der Waals surface area contributed by atoms with E-state index in [-0.39, 0.29) is 24.3 Å². The maximum absolute atomic E-state index is 12.4. The first-order chi connectivity index (χ1) is 12.0. The van der Waals surface area contributed by atoms with Crippen LogP contribution in [-0.2, 0) is 9.59 Å². The van der Waals surface area contributed by atoms with E-state index in [0.29, 0.717) is 42.3 Å². The lowest BCUT2D eigenvalue weighted by Crippen LogP contribution is -2.40. The number of nitrogens with zero attached hydrogens (tertiary/aromatic N) is 2. The molecule has 25 heavy (non-hydrogen) atoms. The molecular weight excluding hydrogens is 342 g/mol. The van der Waals surface area contributed by atoms with Crippen LogP contribution in [0.3, 0.4) is 0 Å². The van der Waals surface area contributed by atoms with Crippen molar-refractivity contribution in [3.05, 3.63) is 28.8 Å². The minimum Gasteiger partial charge on any atom is -0.339 e. The Labute approximate surface area is 153 Å². The highest BCUT2D eigenvalue weighted by atomic mass is 35.5. The monoisotopic (exact) mass is 365 g/mol. The summed E-state index contributed by atoms with van der Waals surface area (Å²) in [6, 6.07) is 4.83. The second-order valence-electron chi connectivity index (χ2n) is 5.99. The van der Waals surface area contributed by atoms with Gasteiger partial charge in [0.25, 0.3) is 5.91 Å². The second-order valence-corrected chi connectivity index (χ2v) is 6.40. The number of rotatable bonds is 6. The number of likely N-dealkylation sites (tertiary alicyclic amines) is 1. The average Bonchev–Trinajstić information content (AvgIpc) is 2.58. The van der Waals surface area contributed by atoms with Crippen LogP contribution in [0, 0.1) is 0 Å². The quantitative estimate of drug-likeness (QED) is 0.842. The Hall–Kier alpha value is -2.08. The molecule has 1 aromatic rings. The molecule has 0 bridgehead atoms. The van der Waals surface area contributed by atoms with Crippen LogP contribution in [0.1, 0.15) is 43.5 Å². The molecule has 1 fully saturated rings. The van der Waals surface area contributed by atoms with E-state index in [1.165, 1.54) is 0 Å². The first kappa shape index (κ1) is 19.2. The fourth-order valence-corrected chi connectivity index (χ4v) is 3.11. The molecule has 6 nitrogen and oxygen atoms in total. The minimum atomic E-state index is -0.269. The van der Waals surface area contributed by atoms with Crippen LogP contribution in [0.5, 0.6) is 0 Å². The van der Waals surface area contributed by atoms with Crippen molar-refractivity contribution < 1.29 is 14.4 Å². The number of carbonyl (C=O) groups excluding carboxylic acids is 3. The molecule has 1 N–H and O–H groups in total. The number of anilines is 1. The van der Waals surface area contributed by atoms with Crippen LogP contribution in [0.25, 0.3) is 0 Å². The summed E-state index contributed by atoms with van der Waals surface area (Å²) in [6.07, 6.45) is 2.31. The maximum atomic E-state index is 12.4. The van der Waals surface area contributed by atoms with Gasteiger partial charge in [-0.3, -0.25) is 14.4 Å². The lowest BCUT2D eigenvalue weighted by molar-refractivity contribution is -0.136. The van der Waals surface area contributed by atoms with Gasteiger partial charge in [0.05, 0.1) is 17.1 Å². The van der Waals surface area contributed by atoms with Gasteiger partial charge < -0.3 is 15.1 Å². The molecular formula is C18H24ClN3O3. The van der Waals surface area contributed by atoms with Crippen LogP contribution in [0.15, 0.2) is 18.2 Å². The SMILES string of the molecule is CCN(CC)C(=O)c1ccc(NC(=O)CN2CCCCC2=O)cc1Cl. The van der Waals surface area contributed by atoms with Gasteiger partial charge in [-0.05, 0) is 44.9 Å². The Kier molecular flexibility index (Phi) is 6.82. The van der Waals surface area contributed by atoms with Gasteiger partial charge in [-0.1, -0.05) is 11.6 Å². The Morgan fingerprint density at radius 1 is 1.24 bits per heavy atom. The van der Waals surface area contributed by atoms with Gasteiger partial charge in [0, 0.05) is 31.7 Å². The number of halogens is 1. The molecule has 0 aromatic heterocycles. The van der Waals surface area contributed by atoms with Gasteiger partial charge in [0.1, 0.15) is 0 Å². The summed E-state index contributed by atoms with van der Waals surface area (Å²) < 4.78 is 0. The van der Waals surface area contributed by atoms with Crippen LogP contribution >= 0.6 is 11.6 Å². The molecule has 136 valence electrons. The third-order valence-electron chi connectivity index (χ3n) is 4.29. The number of amides is 3. The van der Waals surface area contributed by atoms with Crippen molar-refractivity contribution in [1.29, 1.82) is 0 Å². The Morgan fingerprint density at radius 3 is 2.56 bits per heavy atom. The number of carbonyl (C=O) groups is 3. The zero-order valence-electron chi connectivity index (χ0n) is 14.7. The summed E-state index contributed by atoms with van der Waals surface area (Å²) in [5, 5.41) is 3.03. The van der Waals surface area contributed by atoms with E-state index >= 15 is 0 Å². The number of nitrogens with one attached hydrogen (secondary N) is 1. The minimum absolute atomic E-state index is 0.0135. The highest BCUT2D eigenvalue weighted by Gasteiger charge is 2.21. The largest absolute Gasteiger partial charge is 0.339 e. The lowest BCUT2D eigenvalue weighted by atomic mass is 10.1. The Bertz CT molecular complexity index is 659. The predicted octanol–water partition coefficient (Wildman–Crippen LogP) is 2.77. The number of hydrogen-bond donors (Lipinski definition) is 1. The molecule has 0 radical (unpaired) electrons. The van der Waals surface area contributed by atoms with Gasteiger partial charge in [-0.25, -0.2) is 0 Å². The predicted molar refractivity (Wildman–Crippen MR) is 97.8 cm³/mol. The number of hydrogen-bond acceptors (Lipinski definition) is 3. The molecule has 1 heterocycles. The first-order valence-corrected chi connectivity index (χ1v) is 9.00. The van der Waals surface area contributed by atoms with Crippen molar-refractivity contribution in [2.24, 2.45) is 0 Å². The number of piperidine rings is 1. The van der Waals surface area contributed by atoms with Gasteiger partial charge in [0.2, 0.25) is 11.8 Å². The van der Waals surface area contributed by atoms with Gasteiger partial charge in [0.15, 0.2) is 0 Å². The zero-order valence-corrected chi connectivity index (χ0v) is 15.4. The summed E-state index contributed by atoms with van der Waals surface area (Å²) in [4.78, 5) is 39.5. The van der Waals surface area contributed by atoms with E-state index in [1.54, 1.807) is 28.0 Å². The van der Waals surface area contributed by atoms with E-state index < -0.39 is 0 Å². The average molecular weight is 366 g/mol. The fourth-order valence-electron chi connectivity index (χ4n) is 2.85. The lowest BCUT2D eigenvalue weighted by Gasteiger charge is -2.26. The van der Waals surface area contributed by atoms with Crippen molar-refractivity contribution >= 4 is 35.0 Å². The smallest absolute Gasteiger partial charge is 0.255 e. The summed E-state index contributed by atoms with van der Waals surface area (Å²) in [5.41, 5.74) is 0.921. The molecule has 1 aromatic carbocycles. The van der Waals surface area contributed by atoms with Crippen molar-refractivity contribution in [3.63, 3.8) is 0 Å². The molecule has 1 aliphatic rings. The fraction of sp³-hybridized carbons (Fsp3) is 0.500. The van der Waals surface area contributed by atoms with Crippen LogP contribution in [0.2, 0.25) is 5.02 Å². The molecule has 1 saturated heterocycles. The number of benzene rings is 1. The van der Waals surface area contributed by atoms with Crippen molar-refractivity contribution in [1.82, 2.24) is 9.80 Å². The molecule has 0 atom stereocenters. The van der Waals surface area contributed by atoms with Gasteiger partial charge in [-0.15, -0.1) is 0 Å². The zero-order chi connectivity index (χ0) is 18.4. The van der Waals surface area contributed by atoms with Crippen molar-refractivity contribution in [2.75, 3.05) is 31.5 Å². The maximum Gasteiger partial charge on any atom is 0.255 e. The molecule has 3 amide bonds. The molecule has 1 aliphatic heterocycles. The summed E-state index contributed by atoms with van der Waals surface area (Å²) in [7, 11) is 0. The summed E-state index contributed by atoms with van der Waals surface area (Å²) >= 11 is 6.22. The van der Waals surface area contributed by atoms with E-state index in [9.17, 15) is 14.4 Å². The van der Waals surface area contributed by atoms with Gasteiger partial charge in [-0.2, -0.15) is 0 Å². The van der Waals surface area contributed by atoms with Gasteiger partial charge >= 0.3 is 0 Å². The standard InChI is InChI=1S/C18H24ClN3O3/c1-3-21(4-2)18(25)14-9-8-13(11-15(14)19)20-16(23)12-22-10-6-5-7-17(22)24/h8-9,11H,3-7,10,12H2,1-2H3,(H,20,23). The van der Waals surface area contributed by atoms with E-state index in [0.717, 1.165) is 12.8 Å². The normalized spacial score (nSPS) is 14.4. The van der Waals surface area contributed by atoms with E-state index in [2.05, 4.69) is 5.32 Å². The first-order valence-electron chi connectivity index (χ1n) is 8.62. The topological polar surface area (TPSA) is 69.7 Å². The molecule has 0 unspecified atom stereocenters. The van der Waals surface area contributed by atoms with E-state index in [1.807, 2.05) is 13.8 Å². The molecule has 0 aliphatic carbocycles. The molecule has 0 spiro atoms. The highest BCUT2D eigenvalue weighted by molar-refractivity contribution is 6.34. The second kappa shape index (κ2) is 8.85. The summed E-state index contributed by atoms with van der Waals surface area (Å²) in [6.45, 7) is 5.68. The molecule has 7 heteroatoms. The van der Waals surface area contributed by atoms with E-state index in [4.69, 9.17) is 11.6 Å². The Balaban J connectivity index is 2.01. The summed E-state index contributed by atoms with van der Waals surface area (Å²) in [5.74, 6) is -0.388.